The van der Waals surface area contributed by atoms with E-state index >= 15 is 0 Å². The number of alkyl halides is 5. The van der Waals surface area contributed by atoms with Crippen LogP contribution in [0, 0.1) is 6.92 Å². The maximum absolute atomic E-state index is 13.5. The van der Waals surface area contributed by atoms with Crippen molar-refractivity contribution in [3.63, 3.8) is 0 Å². The highest BCUT2D eigenvalue weighted by Crippen LogP contribution is 2.39. The first-order valence-electron chi connectivity index (χ1n) is 8.00. The molecule has 11 heteroatoms. The molecular weight excluding hydrogens is 405 g/mol. The zero-order chi connectivity index (χ0) is 20.6. The van der Waals surface area contributed by atoms with E-state index in [1.54, 1.807) is 0 Å². The van der Waals surface area contributed by atoms with Crippen LogP contribution in [0.1, 0.15) is 16.8 Å². The quantitative estimate of drug-likeness (QED) is 0.767. The fourth-order valence-electron chi connectivity index (χ4n) is 2.78. The molecule has 28 heavy (non-hydrogen) atoms. The first-order valence-corrected chi connectivity index (χ1v) is 8.98. The predicted octanol–water partition coefficient (Wildman–Crippen LogP) is 3.77. The fraction of sp³-hybridized carbons (Fsp3) is 0.353. The number of aryl methyl sites for hydroxylation is 1. The third-order valence-electron chi connectivity index (χ3n) is 4.04. The normalized spacial score (nSPS) is 17.1. The molecule has 2 aromatic rings. The van der Waals surface area contributed by atoms with Gasteiger partial charge in [0, 0.05) is 18.2 Å². The van der Waals surface area contributed by atoms with Crippen LogP contribution >= 0.6 is 11.8 Å². The van der Waals surface area contributed by atoms with Crippen LogP contribution in [0.5, 0.6) is 5.75 Å². The van der Waals surface area contributed by atoms with Gasteiger partial charge in [-0.05, 0) is 30.7 Å². The number of halogens is 5. The van der Waals surface area contributed by atoms with Crippen molar-refractivity contribution in [3.05, 3.63) is 35.0 Å². The third kappa shape index (κ3) is 4.03. The molecule has 0 saturated carbocycles. The number of nitrogens with zero attached hydrogens (tertiary/aromatic N) is 2. The van der Waals surface area contributed by atoms with Gasteiger partial charge in [-0.2, -0.15) is 22.0 Å². The van der Waals surface area contributed by atoms with Crippen molar-refractivity contribution in [1.29, 1.82) is 0 Å². The molecule has 3 rings (SSSR count). The molecule has 1 aliphatic heterocycles. The number of rotatable bonds is 4. The Morgan fingerprint density at radius 2 is 2.04 bits per heavy atom. The second kappa shape index (κ2) is 7.53. The van der Waals surface area contributed by atoms with Gasteiger partial charge >= 0.3 is 12.8 Å². The van der Waals surface area contributed by atoms with Crippen molar-refractivity contribution in [1.82, 2.24) is 10.3 Å². The molecule has 1 aromatic carbocycles. The van der Waals surface area contributed by atoms with Crippen molar-refractivity contribution < 1.29 is 31.5 Å². The number of hydrogen-bond acceptors (Lipinski definition) is 5. The van der Waals surface area contributed by atoms with Gasteiger partial charge in [-0.1, -0.05) is 0 Å². The topological polar surface area (TPSA) is 63.6 Å². The number of carbonyl (C=O) groups is 1. The van der Waals surface area contributed by atoms with Gasteiger partial charge in [-0.3, -0.25) is 9.79 Å². The maximum atomic E-state index is 13.5. The molecular formula is C17H14F5N3O2S. The zero-order valence-electron chi connectivity index (χ0n) is 14.6. The van der Waals surface area contributed by atoms with Gasteiger partial charge in [0.25, 0.3) is 0 Å². The van der Waals surface area contributed by atoms with Crippen LogP contribution < -0.4 is 10.1 Å². The first-order chi connectivity index (χ1) is 13.1. The minimum absolute atomic E-state index is 0.0423. The standard InChI is InChI=1S/C17H14F5N3O2S/c1-7-3-11(15-25-12(6-28-15)14(26)23-2)24-13-9(7)4-8(27-16(18)19)5-10(13)17(20,21)22/h3-5,12,16H,6H2,1-2H3,(H,23,26)/t12-/m0/s1. The number of aliphatic imine (C=N–C) groups is 1. The Morgan fingerprint density at radius 3 is 2.64 bits per heavy atom. The third-order valence-corrected chi connectivity index (χ3v) is 5.11. The molecule has 1 aliphatic rings. The summed E-state index contributed by atoms with van der Waals surface area (Å²) in [6.45, 7) is -1.71. The molecule has 0 saturated heterocycles. The number of hydrogen-bond donors (Lipinski definition) is 1. The Kier molecular flexibility index (Phi) is 5.46. The lowest BCUT2D eigenvalue weighted by molar-refractivity contribution is -0.136. The van der Waals surface area contributed by atoms with E-state index in [1.807, 2.05) is 0 Å². The highest BCUT2D eigenvalue weighted by Gasteiger charge is 2.35. The van der Waals surface area contributed by atoms with Crippen molar-refractivity contribution in [2.75, 3.05) is 12.8 Å². The summed E-state index contributed by atoms with van der Waals surface area (Å²) >= 11 is 1.21. The smallest absolute Gasteiger partial charge is 0.418 e. The van der Waals surface area contributed by atoms with Gasteiger partial charge in [-0.15, -0.1) is 11.8 Å². The number of benzene rings is 1. The van der Waals surface area contributed by atoms with Crippen molar-refractivity contribution in [2.24, 2.45) is 4.99 Å². The lowest BCUT2D eigenvalue weighted by Crippen LogP contribution is -2.30. The average molecular weight is 419 g/mol. The van der Waals surface area contributed by atoms with Crippen molar-refractivity contribution in [2.45, 2.75) is 25.8 Å². The molecule has 1 atom stereocenters. The fourth-order valence-corrected chi connectivity index (χ4v) is 3.77. The predicted molar refractivity (Wildman–Crippen MR) is 95.0 cm³/mol. The average Bonchev–Trinajstić information content (AvgIpc) is 3.09. The Labute approximate surface area is 160 Å². The molecule has 1 amide bonds. The molecule has 2 heterocycles. The van der Waals surface area contributed by atoms with Crippen LogP contribution in [0.15, 0.2) is 23.2 Å². The molecule has 0 unspecified atom stereocenters. The molecule has 0 fully saturated rings. The molecule has 0 bridgehead atoms. The van der Waals surface area contributed by atoms with Gasteiger partial charge in [0.15, 0.2) is 0 Å². The number of aromatic nitrogens is 1. The van der Waals surface area contributed by atoms with Crippen LogP contribution in [0.3, 0.4) is 0 Å². The molecule has 0 aliphatic carbocycles. The van der Waals surface area contributed by atoms with Crippen molar-refractivity contribution >= 4 is 33.6 Å². The molecule has 1 aromatic heterocycles. The van der Waals surface area contributed by atoms with E-state index in [-0.39, 0.29) is 17.0 Å². The monoisotopic (exact) mass is 419 g/mol. The summed E-state index contributed by atoms with van der Waals surface area (Å²) in [5.74, 6) is -0.550. The summed E-state index contributed by atoms with van der Waals surface area (Å²) in [6.07, 6.45) is -4.83. The van der Waals surface area contributed by atoms with Crippen molar-refractivity contribution in [3.8, 4) is 5.75 Å². The summed E-state index contributed by atoms with van der Waals surface area (Å²) in [7, 11) is 1.47. The number of carbonyl (C=O) groups excluding carboxylic acids is 1. The number of thioether (sulfide) groups is 1. The van der Waals surface area contributed by atoms with Crippen LogP contribution in [0.2, 0.25) is 0 Å². The Morgan fingerprint density at radius 1 is 1.32 bits per heavy atom. The van der Waals surface area contributed by atoms with E-state index in [0.717, 1.165) is 6.07 Å². The number of fused-ring (bicyclic) bond motifs is 1. The largest absolute Gasteiger partial charge is 0.435 e. The van der Waals surface area contributed by atoms with E-state index in [1.165, 1.54) is 31.8 Å². The van der Waals surface area contributed by atoms with E-state index in [9.17, 15) is 26.7 Å². The molecule has 0 spiro atoms. The summed E-state index contributed by atoms with van der Waals surface area (Å²) in [6, 6.07) is 2.46. The lowest BCUT2D eigenvalue weighted by Gasteiger charge is -2.15. The van der Waals surface area contributed by atoms with E-state index in [0.29, 0.717) is 22.4 Å². The van der Waals surface area contributed by atoms with E-state index < -0.39 is 35.7 Å². The van der Waals surface area contributed by atoms with Crippen LogP contribution in [-0.2, 0) is 11.0 Å². The zero-order valence-corrected chi connectivity index (χ0v) is 15.4. The van der Waals surface area contributed by atoms with Gasteiger partial charge in [0.05, 0.1) is 16.8 Å². The minimum atomic E-state index is -4.83. The maximum Gasteiger partial charge on any atom is 0.418 e. The SMILES string of the molecule is CNC(=O)[C@@H]1CSC(c2cc(C)c3cc(OC(F)F)cc(C(F)(F)F)c3n2)=N1. The highest BCUT2D eigenvalue weighted by atomic mass is 32.2. The van der Waals surface area contributed by atoms with Gasteiger partial charge < -0.3 is 10.1 Å². The Bertz CT molecular complexity index is 962. The van der Waals surface area contributed by atoms with Gasteiger partial charge in [-0.25, -0.2) is 4.98 Å². The van der Waals surface area contributed by atoms with Crippen LogP contribution in [0.25, 0.3) is 10.9 Å². The van der Waals surface area contributed by atoms with Crippen LogP contribution in [0.4, 0.5) is 22.0 Å². The van der Waals surface area contributed by atoms with E-state index in [2.05, 4.69) is 20.0 Å². The van der Waals surface area contributed by atoms with Crippen LogP contribution in [-0.4, -0.2) is 41.4 Å². The molecule has 1 N–H and O–H groups in total. The second-order valence-electron chi connectivity index (χ2n) is 5.94. The van der Waals surface area contributed by atoms with Gasteiger partial charge in [0.2, 0.25) is 5.91 Å². The highest BCUT2D eigenvalue weighted by molar-refractivity contribution is 8.14. The number of amides is 1. The first kappa shape index (κ1) is 20.3. The van der Waals surface area contributed by atoms with Gasteiger partial charge in [0.1, 0.15) is 16.8 Å². The number of nitrogens with one attached hydrogen (secondary N) is 1. The number of likely N-dealkylation sites (N-methyl/N-ethyl adjacent to an activating group) is 1. The molecule has 0 radical (unpaired) electrons. The second-order valence-corrected chi connectivity index (χ2v) is 6.95. The lowest BCUT2D eigenvalue weighted by atomic mass is 10.0. The van der Waals surface area contributed by atoms with E-state index in [4.69, 9.17) is 0 Å². The Balaban J connectivity index is 2.15. The molecule has 5 nitrogen and oxygen atoms in total. The minimum Gasteiger partial charge on any atom is -0.435 e. The summed E-state index contributed by atoms with van der Waals surface area (Å²) in [5, 5.41) is 2.86. The number of pyridine rings is 1. The number of ether oxygens (including phenoxy) is 1. The Hall–Kier alpha value is -2.43. The summed E-state index contributed by atoms with van der Waals surface area (Å²) in [5.41, 5.74) is -1.00. The summed E-state index contributed by atoms with van der Waals surface area (Å²) in [4.78, 5) is 20.0. The summed E-state index contributed by atoms with van der Waals surface area (Å²) < 4.78 is 69.7. The molecule has 150 valence electrons.